The number of H-pyrrole nitrogens is 1. The maximum atomic E-state index is 11.2. The molecule has 3 aromatic rings. The fourth-order valence-electron chi connectivity index (χ4n) is 2.67. The number of nitrogens with zero attached hydrogens (tertiary/aromatic N) is 2. The number of aromatic amines is 1. The summed E-state index contributed by atoms with van der Waals surface area (Å²) in [6, 6.07) is 5.96. The molecule has 30 heavy (non-hydrogen) atoms. The first kappa shape index (κ1) is 25.2. The topological polar surface area (TPSA) is 83.1 Å². The van der Waals surface area contributed by atoms with Gasteiger partial charge in [-0.05, 0) is 37.1 Å². The number of pyridine rings is 1. The van der Waals surface area contributed by atoms with Crippen LogP contribution in [-0.4, -0.2) is 73.0 Å². The maximum Gasteiger partial charge on any atom is 0.321 e. The summed E-state index contributed by atoms with van der Waals surface area (Å²) >= 11 is -0.0820. The Morgan fingerprint density at radius 3 is 2.57 bits per heavy atom. The third-order valence-electron chi connectivity index (χ3n) is 5.07. The largest absolute Gasteiger partial charge is 0.609 e. The van der Waals surface area contributed by atoms with Gasteiger partial charge in [0.1, 0.15) is 6.26 Å². The average Bonchev–Trinajstić information content (AvgIpc) is 3.12. The minimum absolute atomic E-state index is 0.316. The Kier molecular flexibility index (Phi) is 10.1. The maximum absolute atomic E-state index is 11.2. The van der Waals surface area contributed by atoms with Crippen molar-refractivity contribution >= 4 is 53.1 Å². The molecular formula is C22H30N3NaO3S. The van der Waals surface area contributed by atoms with E-state index in [4.69, 9.17) is 9.47 Å². The molecule has 6 nitrogen and oxygen atoms in total. The summed E-state index contributed by atoms with van der Waals surface area (Å²) in [7, 11) is 0. The molecule has 2 heterocycles. The molecule has 0 bridgehead atoms. The van der Waals surface area contributed by atoms with Crippen molar-refractivity contribution in [3.63, 3.8) is 0 Å². The molecule has 2 unspecified atom stereocenters. The quantitative estimate of drug-likeness (QED) is 0.347. The van der Waals surface area contributed by atoms with Gasteiger partial charge < -0.3 is 4.55 Å². The van der Waals surface area contributed by atoms with E-state index in [0.717, 1.165) is 59.6 Å². The molecule has 0 saturated carbocycles. The first-order valence-electron chi connectivity index (χ1n) is 10.2. The van der Waals surface area contributed by atoms with Gasteiger partial charge in [-0.2, -0.15) is 4.98 Å². The Morgan fingerprint density at radius 1 is 1.20 bits per heavy atom. The number of ether oxygens (including phenoxy) is 2. The van der Waals surface area contributed by atoms with Crippen molar-refractivity contribution in [3.05, 3.63) is 41.1 Å². The minimum atomic E-state index is -1.04. The Hall–Kier alpha value is -1.09. The van der Waals surface area contributed by atoms with Crippen molar-refractivity contribution in [3.8, 4) is 5.75 Å². The molecule has 0 radical (unpaired) electrons. The molecule has 0 amide bonds. The second-order valence-corrected chi connectivity index (χ2v) is 9.65. The summed E-state index contributed by atoms with van der Waals surface area (Å²) in [5, 5.41) is 0.546. The zero-order valence-electron chi connectivity index (χ0n) is 19.0. The van der Waals surface area contributed by atoms with Gasteiger partial charge in [0, 0.05) is 11.2 Å². The Bertz CT molecular complexity index is 923. The fourth-order valence-corrected chi connectivity index (χ4v) is 3.55. The van der Waals surface area contributed by atoms with E-state index in [0.29, 0.717) is 24.5 Å². The van der Waals surface area contributed by atoms with Gasteiger partial charge in [0.25, 0.3) is 0 Å². The molecule has 3 rings (SSSR count). The SMILES string of the molecule is CCC(C)OCCOc1ccn[c]([Na])c1C.Cc1cc2nc([S+](C)[O-])[nH]c2cc1C. The van der Waals surface area contributed by atoms with E-state index in [1.54, 1.807) is 12.5 Å². The molecule has 0 aliphatic rings. The van der Waals surface area contributed by atoms with E-state index in [1.165, 1.54) is 11.1 Å². The van der Waals surface area contributed by atoms with Crippen molar-refractivity contribution in [2.75, 3.05) is 19.5 Å². The predicted octanol–water partition coefficient (Wildman–Crippen LogP) is 3.29. The first-order chi connectivity index (χ1) is 14.2. The number of imidazole rings is 1. The molecule has 0 aliphatic heterocycles. The first-order valence-corrected chi connectivity index (χ1v) is 12.8. The van der Waals surface area contributed by atoms with Crippen LogP contribution < -0.4 is 7.68 Å². The van der Waals surface area contributed by atoms with E-state index in [9.17, 15) is 4.55 Å². The summed E-state index contributed by atoms with van der Waals surface area (Å²) in [5.74, 6) is 0.938. The van der Waals surface area contributed by atoms with Gasteiger partial charge in [-0.1, -0.05) is 0 Å². The molecule has 0 aliphatic carbocycles. The van der Waals surface area contributed by atoms with Gasteiger partial charge in [0.05, 0.1) is 11.0 Å². The van der Waals surface area contributed by atoms with Crippen LogP contribution in [0.3, 0.4) is 0 Å². The van der Waals surface area contributed by atoms with Gasteiger partial charge in [-0.15, -0.1) is 0 Å². The second kappa shape index (κ2) is 12.1. The standard InChI is InChI=1S/C12H18NO2.C10H12N2OS.Na/c1-4-11(3)14-7-8-15-12-5-6-13-9-10(12)2;1-6-4-8-9(5-7(6)2)12-10(11-8)14(3)13;/h5-6,11H,4,7-8H2,1-3H3;4-5H,1-3H3,(H,11,12);. The van der Waals surface area contributed by atoms with Crippen LogP contribution >= 0.6 is 0 Å². The zero-order chi connectivity index (χ0) is 22.3. The number of nitrogens with one attached hydrogen (secondary N) is 1. The van der Waals surface area contributed by atoms with E-state index < -0.39 is 11.2 Å². The summed E-state index contributed by atoms with van der Waals surface area (Å²) in [5.41, 5.74) is 5.43. The third-order valence-corrected chi connectivity index (χ3v) is 6.82. The normalized spacial score (nSPS) is 13.0. The monoisotopic (exact) mass is 439 g/mol. The van der Waals surface area contributed by atoms with E-state index in [1.807, 2.05) is 25.1 Å². The number of aryl methyl sites for hydroxylation is 2. The van der Waals surface area contributed by atoms with Crippen LogP contribution in [-0.2, 0) is 15.9 Å². The summed E-state index contributed by atoms with van der Waals surface area (Å²) < 4.78 is 23.6. The fraction of sp³-hybridized carbons (Fsp3) is 0.455. The van der Waals surface area contributed by atoms with Gasteiger partial charge in [-0.3, -0.25) is 4.98 Å². The molecule has 2 aromatic heterocycles. The van der Waals surface area contributed by atoms with E-state index >= 15 is 0 Å². The van der Waals surface area contributed by atoms with Crippen LogP contribution in [0.25, 0.3) is 11.0 Å². The molecule has 0 fully saturated rings. The van der Waals surface area contributed by atoms with Crippen LogP contribution in [0, 0.1) is 20.8 Å². The third kappa shape index (κ3) is 7.25. The van der Waals surface area contributed by atoms with Crippen LogP contribution in [0.1, 0.15) is 37.0 Å². The van der Waals surface area contributed by atoms with Crippen molar-refractivity contribution in [1.82, 2.24) is 15.0 Å². The number of hydrogen-bond donors (Lipinski definition) is 1. The molecule has 1 aromatic carbocycles. The second-order valence-electron chi connectivity index (χ2n) is 7.41. The number of hydrogen-bond acceptors (Lipinski definition) is 5. The van der Waals surface area contributed by atoms with Crippen LogP contribution in [0.4, 0.5) is 0 Å². The van der Waals surface area contributed by atoms with Crippen molar-refractivity contribution in [1.29, 1.82) is 0 Å². The Morgan fingerprint density at radius 2 is 1.90 bits per heavy atom. The van der Waals surface area contributed by atoms with Crippen molar-refractivity contribution < 1.29 is 14.0 Å². The summed E-state index contributed by atoms with van der Waals surface area (Å²) in [4.78, 5) is 11.6. The molecule has 0 saturated heterocycles. The molecule has 2 atom stereocenters. The molecule has 8 heteroatoms. The summed E-state index contributed by atoms with van der Waals surface area (Å²) in [6.07, 6.45) is 4.78. The van der Waals surface area contributed by atoms with Crippen molar-refractivity contribution in [2.24, 2.45) is 0 Å². The summed E-state index contributed by atoms with van der Waals surface area (Å²) in [6.45, 7) is 11.6. The minimum Gasteiger partial charge on any atom is -0.609 e. The van der Waals surface area contributed by atoms with Crippen molar-refractivity contribution in [2.45, 2.75) is 52.3 Å². The van der Waals surface area contributed by atoms with Gasteiger partial charge in [0.2, 0.25) is 0 Å². The van der Waals surface area contributed by atoms with Crippen LogP contribution in [0.15, 0.2) is 29.6 Å². The number of benzene rings is 1. The van der Waals surface area contributed by atoms with Crippen LogP contribution in [0.2, 0.25) is 0 Å². The van der Waals surface area contributed by atoms with Crippen LogP contribution in [0.5, 0.6) is 5.75 Å². The molecular weight excluding hydrogens is 409 g/mol. The number of rotatable bonds is 7. The van der Waals surface area contributed by atoms with Gasteiger partial charge >= 0.3 is 121 Å². The van der Waals surface area contributed by atoms with Gasteiger partial charge in [-0.25, -0.2) is 0 Å². The number of fused-ring (bicyclic) bond motifs is 1. The molecule has 158 valence electrons. The van der Waals surface area contributed by atoms with Gasteiger partial charge in [0.15, 0.2) is 0 Å². The molecule has 0 spiro atoms. The number of aromatic nitrogens is 3. The van der Waals surface area contributed by atoms with E-state index in [-0.39, 0.29) is 0 Å². The van der Waals surface area contributed by atoms with E-state index in [2.05, 4.69) is 42.6 Å². The predicted molar refractivity (Wildman–Crippen MR) is 123 cm³/mol. The Labute approximate surface area is 199 Å². The average molecular weight is 440 g/mol. The Balaban J connectivity index is 0.000000215. The molecule has 1 N–H and O–H groups in total. The smallest absolute Gasteiger partial charge is 0.321 e. The zero-order valence-corrected chi connectivity index (χ0v) is 21.9.